The lowest BCUT2D eigenvalue weighted by Crippen LogP contribution is -2.31. The molecule has 0 saturated carbocycles. The van der Waals surface area contributed by atoms with E-state index in [1.165, 1.54) is 0 Å². The Hall–Kier alpha value is -0.280. The van der Waals surface area contributed by atoms with Crippen LogP contribution < -0.4 is 5.73 Å². The van der Waals surface area contributed by atoms with Crippen LogP contribution in [0.25, 0.3) is 0 Å². The van der Waals surface area contributed by atoms with Crippen LogP contribution in [0.4, 0.5) is 0 Å². The molecule has 0 saturated heterocycles. The maximum Gasteiger partial charge on any atom is 0.0617 e. The van der Waals surface area contributed by atoms with Crippen LogP contribution in [0.1, 0.15) is 20.3 Å². The highest BCUT2D eigenvalue weighted by Gasteiger charge is 2.05. The molecule has 0 amide bonds. The summed E-state index contributed by atoms with van der Waals surface area (Å²) in [6.45, 7) is 3.70. The number of hydrogen-bond acceptors (Lipinski definition) is 3. The van der Waals surface area contributed by atoms with Crippen LogP contribution in [0.15, 0.2) is 0 Å². The van der Waals surface area contributed by atoms with Gasteiger partial charge in [-0.25, -0.2) is 0 Å². The van der Waals surface area contributed by atoms with Crippen molar-refractivity contribution in [1.82, 2.24) is 0 Å². The molecule has 0 spiro atoms. The maximum atomic E-state index is 7.28. The number of rotatable bonds is 3. The fraction of sp³-hybridized carbons (Fsp3) is 0.667. The van der Waals surface area contributed by atoms with E-state index >= 15 is 0 Å². The monoisotopic (exact) mass is 144 g/mol. The summed E-state index contributed by atoms with van der Waals surface area (Å²) in [6.07, 6.45) is 0.746. The molecule has 0 aliphatic heterocycles. The maximum absolute atomic E-state index is 7.28. The summed E-state index contributed by atoms with van der Waals surface area (Å²) in [5.74, 6) is 0. The first-order valence-corrected chi connectivity index (χ1v) is 3.37. The lowest BCUT2D eigenvalue weighted by atomic mass is 10.1. The van der Waals surface area contributed by atoms with E-state index in [4.69, 9.17) is 23.4 Å². The van der Waals surface area contributed by atoms with Gasteiger partial charge in [0.2, 0.25) is 0 Å². The summed E-state index contributed by atoms with van der Waals surface area (Å²) in [4.78, 5) is 0.671. The minimum Gasteiger partial charge on any atom is -0.323 e. The molecule has 0 aliphatic rings. The lowest BCUT2D eigenvalue weighted by molar-refractivity contribution is 0.974. The van der Waals surface area contributed by atoms with Gasteiger partial charge in [-0.3, -0.25) is 0 Å². The second kappa shape index (κ2) is 3.69. The third-order valence-corrected chi connectivity index (χ3v) is 1.59. The zero-order chi connectivity index (χ0) is 7.44. The molecule has 9 heavy (non-hydrogen) atoms. The van der Waals surface area contributed by atoms with Gasteiger partial charge in [0.25, 0.3) is 0 Å². The van der Waals surface area contributed by atoms with Crippen molar-refractivity contribution in [2.75, 3.05) is 0 Å². The fourth-order valence-corrected chi connectivity index (χ4v) is 0.630. The van der Waals surface area contributed by atoms with Gasteiger partial charge in [0, 0.05) is 10.9 Å². The Balaban J connectivity index is 3.89. The summed E-state index contributed by atoms with van der Waals surface area (Å²) in [5, 5.41) is 7.28. The Kier molecular flexibility index (Phi) is 3.58. The van der Waals surface area contributed by atoms with Crippen LogP contribution >= 0.6 is 12.2 Å². The normalized spacial score (nSPS) is 12.8. The van der Waals surface area contributed by atoms with Gasteiger partial charge in [-0.05, 0) is 13.3 Å². The number of nitrogens with two attached hydrogens (primary N) is 1. The molecule has 0 aromatic rings. The van der Waals surface area contributed by atoms with E-state index < -0.39 is 0 Å². The van der Waals surface area contributed by atoms with Gasteiger partial charge in [0.05, 0.1) is 5.71 Å². The topological polar surface area (TPSA) is 49.9 Å². The van der Waals surface area contributed by atoms with Crippen molar-refractivity contribution in [2.45, 2.75) is 26.3 Å². The van der Waals surface area contributed by atoms with Gasteiger partial charge in [-0.2, -0.15) is 0 Å². The summed E-state index contributed by atoms with van der Waals surface area (Å²) in [5.41, 5.74) is 5.80. The Morgan fingerprint density at radius 3 is 2.33 bits per heavy atom. The second-order valence-electron chi connectivity index (χ2n) is 1.98. The molecule has 0 radical (unpaired) electrons. The first-order chi connectivity index (χ1) is 4.09. The van der Waals surface area contributed by atoms with E-state index in [1.54, 1.807) is 6.92 Å². The van der Waals surface area contributed by atoms with E-state index in [2.05, 4.69) is 0 Å². The van der Waals surface area contributed by atoms with Crippen LogP contribution in [0, 0.1) is 5.41 Å². The Bertz CT molecular complexity index is 129. The number of hydrogen-bond donors (Lipinski definition) is 2. The van der Waals surface area contributed by atoms with Crippen LogP contribution in [0.5, 0.6) is 0 Å². The van der Waals surface area contributed by atoms with Crippen LogP contribution in [0.2, 0.25) is 0 Å². The molecule has 52 valence electrons. The molecule has 0 rings (SSSR count). The van der Waals surface area contributed by atoms with Gasteiger partial charge >= 0.3 is 0 Å². The molecule has 0 aliphatic carbocycles. The third kappa shape index (κ3) is 2.67. The smallest absolute Gasteiger partial charge is 0.0617 e. The van der Waals surface area contributed by atoms with Crippen LogP contribution in [0.3, 0.4) is 0 Å². The standard InChI is InChI=1S/C6H12N2S/c1-3-5(9)6(8)4(2)7/h4,8H,3,7H2,1-2H3. The predicted molar refractivity (Wildman–Crippen MR) is 44.3 cm³/mol. The van der Waals surface area contributed by atoms with Crippen molar-refractivity contribution in [1.29, 1.82) is 5.41 Å². The first-order valence-electron chi connectivity index (χ1n) is 2.96. The van der Waals surface area contributed by atoms with Gasteiger partial charge < -0.3 is 11.1 Å². The van der Waals surface area contributed by atoms with Crippen LogP contribution in [-0.4, -0.2) is 16.6 Å². The summed E-state index contributed by atoms with van der Waals surface area (Å²) >= 11 is 4.85. The summed E-state index contributed by atoms with van der Waals surface area (Å²) in [6, 6.07) is -0.211. The van der Waals surface area contributed by atoms with Crippen molar-refractivity contribution in [3.05, 3.63) is 0 Å². The number of nitrogens with one attached hydrogen (secondary N) is 1. The molecular weight excluding hydrogens is 132 g/mol. The molecule has 0 fully saturated rings. The highest BCUT2D eigenvalue weighted by Crippen LogP contribution is 1.91. The average molecular weight is 144 g/mol. The SMILES string of the molecule is CCC(=S)C(=N)C(C)N. The largest absolute Gasteiger partial charge is 0.323 e. The van der Waals surface area contributed by atoms with Gasteiger partial charge in [-0.15, -0.1) is 0 Å². The minimum atomic E-state index is -0.211. The zero-order valence-electron chi connectivity index (χ0n) is 5.77. The molecule has 0 heterocycles. The van der Waals surface area contributed by atoms with Crippen molar-refractivity contribution < 1.29 is 0 Å². The Labute approximate surface area is 60.9 Å². The fourth-order valence-electron chi connectivity index (χ4n) is 0.444. The second-order valence-corrected chi connectivity index (χ2v) is 2.47. The van der Waals surface area contributed by atoms with Gasteiger partial charge in [-0.1, -0.05) is 19.1 Å². The van der Waals surface area contributed by atoms with Gasteiger partial charge in [0.15, 0.2) is 0 Å². The molecule has 3 heteroatoms. The molecule has 1 unspecified atom stereocenters. The molecule has 3 N–H and O–H groups in total. The highest BCUT2D eigenvalue weighted by molar-refractivity contribution is 7.82. The van der Waals surface area contributed by atoms with E-state index in [-0.39, 0.29) is 6.04 Å². The first kappa shape index (κ1) is 8.72. The molecular formula is C6H12N2S. The number of thiocarbonyl (C=S) groups is 1. The third-order valence-electron chi connectivity index (χ3n) is 1.08. The van der Waals surface area contributed by atoms with E-state index in [1.807, 2.05) is 6.92 Å². The summed E-state index contributed by atoms with van der Waals surface area (Å²) in [7, 11) is 0. The molecule has 0 bridgehead atoms. The van der Waals surface area contributed by atoms with E-state index in [0.717, 1.165) is 6.42 Å². The minimum absolute atomic E-state index is 0.211. The Morgan fingerprint density at radius 1 is 1.78 bits per heavy atom. The van der Waals surface area contributed by atoms with Crippen molar-refractivity contribution >= 4 is 22.8 Å². The molecule has 1 atom stereocenters. The predicted octanol–water partition coefficient (Wildman–Crippen LogP) is 1.13. The lowest BCUT2D eigenvalue weighted by Gasteiger charge is -2.05. The van der Waals surface area contributed by atoms with Crippen molar-refractivity contribution in [3.63, 3.8) is 0 Å². The van der Waals surface area contributed by atoms with Gasteiger partial charge in [0.1, 0.15) is 0 Å². The van der Waals surface area contributed by atoms with Crippen LogP contribution in [-0.2, 0) is 0 Å². The Morgan fingerprint density at radius 2 is 2.22 bits per heavy atom. The van der Waals surface area contributed by atoms with E-state index in [9.17, 15) is 0 Å². The summed E-state index contributed by atoms with van der Waals surface area (Å²) < 4.78 is 0. The van der Waals surface area contributed by atoms with Crippen molar-refractivity contribution in [2.24, 2.45) is 5.73 Å². The quantitative estimate of drug-likeness (QED) is 0.461. The molecule has 0 aromatic carbocycles. The molecule has 0 aromatic heterocycles. The molecule has 2 nitrogen and oxygen atoms in total. The highest BCUT2D eigenvalue weighted by atomic mass is 32.1. The zero-order valence-corrected chi connectivity index (χ0v) is 6.59. The van der Waals surface area contributed by atoms with E-state index in [0.29, 0.717) is 10.6 Å². The van der Waals surface area contributed by atoms with Crippen molar-refractivity contribution in [3.8, 4) is 0 Å². The average Bonchev–Trinajstić information content (AvgIpc) is 1.84.